The van der Waals surface area contributed by atoms with E-state index in [1.54, 1.807) is 37.2 Å². The van der Waals surface area contributed by atoms with E-state index in [0.717, 1.165) is 29.5 Å². The number of aromatic nitrogens is 6. The molecule has 8 nitrogen and oxygen atoms in total. The van der Waals surface area contributed by atoms with E-state index in [-0.39, 0.29) is 11.8 Å². The van der Waals surface area contributed by atoms with E-state index < -0.39 is 17.2 Å². The molecule has 0 spiro atoms. The van der Waals surface area contributed by atoms with E-state index in [1.807, 2.05) is 45.7 Å². The van der Waals surface area contributed by atoms with Gasteiger partial charge in [0, 0.05) is 49.0 Å². The van der Waals surface area contributed by atoms with Crippen molar-refractivity contribution in [3.63, 3.8) is 0 Å². The highest BCUT2D eigenvalue weighted by atomic mass is 19.1. The smallest absolute Gasteiger partial charge is 0.284 e. The first kappa shape index (κ1) is 25.4. The number of H-pyrrole nitrogens is 1. The van der Waals surface area contributed by atoms with Gasteiger partial charge in [0.2, 0.25) is 5.88 Å². The van der Waals surface area contributed by atoms with Crippen molar-refractivity contribution in [3.05, 3.63) is 119 Å². The van der Waals surface area contributed by atoms with Crippen LogP contribution in [0.3, 0.4) is 0 Å². The molecule has 40 heavy (non-hydrogen) atoms. The molecule has 0 radical (unpaired) electrons. The SMILES string of the molecule is O=c1[nH]ccc(C2=CCC(Cn3cnc(Oc4nccc(-c5ccc(Cn6ccnc6)cc5)c4F)c3)CC2)c1F. The van der Waals surface area contributed by atoms with E-state index in [1.165, 1.54) is 12.4 Å². The molecule has 1 aliphatic carbocycles. The summed E-state index contributed by atoms with van der Waals surface area (Å²) in [7, 11) is 0. The van der Waals surface area contributed by atoms with Gasteiger partial charge in [-0.1, -0.05) is 30.3 Å². The van der Waals surface area contributed by atoms with E-state index >= 15 is 4.39 Å². The van der Waals surface area contributed by atoms with Crippen LogP contribution in [0.4, 0.5) is 8.78 Å². The van der Waals surface area contributed by atoms with Gasteiger partial charge < -0.3 is 18.9 Å². The number of nitrogens with one attached hydrogen (secondary N) is 1. The predicted molar refractivity (Wildman–Crippen MR) is 146 cm³/mol. The molecule has 1 aromatic carbocycles. The minimum Gasteiger partial charge on any atom is -0.416 e. The summed E-state index contributed by atoms with van der Waals surface area (Å²) in [5.74, 6) is -0.884. The molecule has 1 atom stereocenters. The van der Waals surface area contributed by atoms with Crippen molar-refractivity contribution in [1.82, 2.24) is 29.1 Å². The Bertz CT molecular complexity index is 1710. The second kappa shape index (κ2) is 11.1. The Balaban J connectivity index is 1.10. The lowest BCUT2D eigenvalue weighted by atomic mass is 9.86. The van der Waals surface area contributed by atoms with Crippen molar-refractivity contribution < 1.29 is 13.5 Å². The van der Waals surface area contributed by atoms with E-state index in [9.17, 15) is 9.18 Å². The van der Waals surface area contributed by atoms with Crippen molar-refractivity contribution in [2.24, 2.45) is 5.92 Å². The molecule has 0 aliphatic heterocycles. The van der Waals surface area contributed by atoms with Crippen LogP contribution in [0.2, 0.25) is 0 Å². The Morgan fingerprint density at radius 1 is 0.975 bits per heavy atom. The van der Waals surface area contributed by atoms with Crippen LogP contribution >= 0.6 is 0 Å². The first-order valence-electron chi connectivity index (χ1n) is 13.0. The van der Waals surface area contributed by atoms with Gasteiger partial charge in [-0.15, -0.1) is 0 Å². The number of allylic oxidation sites excluding steroid dienone is 2. The van der Waals surface area contributed by atoms with E-state index in [0.29, 0.717) is 36.6 Å². The largest absolute Gasteiger partial charge is 0.416 e. The molecule has 0 fully saturated rings. The van der Waals surface area contributed by atoms with Gasteiger partial charge >= 0.3 is 0 Å². The summed E-state index contributed by atoms with van der Waals surface area (Å²) in [6.07, 6.45) is 16.0. The van der Waals surface area contributed by atoms with E-state index in [2.05, 4.69) is 19.9 Å². The maximum absolute atomic E-state index is 15.4. The number of pyridine rings is 2. The number of ether oxygens (including phenoxy) is 1. The summed E-state index contributed by atoms with van der Waals surface area (Å²) in [4.78, 5) is 26.3. The third-order valence-corrected chi connectivity index (χ3v) is 7.09. The molecule has 0 saturated heterocycles. The monoisotopic (exact) mass is 540 g/mol. The van der Waals surface area contributed by atoms with Crippen molar-refractivity contribution in [1.29, 1.82) is 0 Å². The van der Waals surface area contributed by atoms with Gasteiger partial charge in [0.25, 0.3) is 11.4 Å². The second-order valence-electron chi connectivity index (χ2n) is 9.82. The standard InChI is InChI=1S/C30H26F2N6O2/c31-27-24(9-11-34-29(27)39)22-5-3-21(4-6-22)16-38-17-26(36-19-38)40-30-28(32)25(10-12-35-30)23-7-1-20(2-8-23)15-37-14-13-33-18-37/h1-2,5,7-14,17-19,21H,3-4,6,15-16H2,(H,34,39). The fraction of sp³-hybridized carbons (Fsp3) is 0.200. The quantitative estimate of drug-likeness (QED) is 0.267. The first-order valence-corrected chi connectivity index (χ1v) is 13.0. The third-order valence-electron chi connectivity index (χ3n) is 7.09. The minimum atomic E-state index is -0.740. The molecule has 202 valence electrons. The second-order valence-corrected chi connectivity index (χ2v) is 9.82. The minimum absolute atomic E-state index is 0.143. The lowest BCUT2D eigenvalue weighted by Crippen LogP contribution is -2.15. The summed E-state index contributed by atoms with van der Waals surface area (Å²) in [6, 6.07) is 10.9. The third kappa shape index (κ3) is 5.47. The van der Waals surface area contributed by atoms with Crippen LogP contribution in [0, 0.1) is 17.6 Å². The van der Waals surface area contributed by atoms with Crippen molar-refractivity contribution in [3.8, 4) is 22.9 Å². The van der Waals surface area contributed by atoms with Crippen LogP contribution in [0.1, 0.15) is 30.4 Å². The van der Waals surface area contributed by atoms with Gasteiger partial charge in [-0.3, -0.25) is 4.79 Å². The normalized spacial score (nSPS) is 15.2. The van der Waals surface area contributed by atoms with Crippen molar-refractivity contribution >= 4 is 5.57 Å². The Morgan fingerprint density at radius 3 is 2.62 bits per heavy atom. The fourth-order valence-electron chi connectivity index (χ4n) is 5.00. The average molecular weight is 541 g/mol. The maximum atomic E-state index is 15.4. The molecule has 4 aromatic heterocycles. The Hall–Kier alpha value is -4.86. The average Bonchev–Trinajstić information content (AvgIpc) is 3.65. The Morgan fingerprint density at radius 2 is 1.85 bits per heavy atom. The molecule has 1 unspecified atom stereocenters. The first-order chi connectivity index (χ1) is 19.5. The van der Waals surface area contributed by atoms with Crippen molar-refractivity contribution in [2.75, 3.05) is 0 Å². The maximum Gasteiger partial charge on any atom is 0.284 e. The number of halogens is 2. The summed E-state index contributed by atoms with van der Waals surface area (Å²) in [6.45, 7) is 1.36. The lowest BCUT2D eigenvalue weighted by molar-refractivity contribution is 0.402. The van der Waals surface area contributed by atoms with Crippen LogP contribution < -0.4 is 10.3 Å². The summed E-state index contributed by atoms with van der Waals surface area (Å²) in [5.41, 5.74) is 2.69. The molecule has 10 heteroatoms. The molecule has 4 heterocycles. The molecule has 5 aromatic rings. The highest BCUT2D eigenvalue weighted by molar-refractivity contribution is 5.66. The number of benzene rings is 1. The van der Waals surface area contributed by atoms with E-state index in [4.69, 9.17) is 4.74 Å². The van der Waals surface area contributed by atoms with Gasteiger partial charge in [-0.25, -0.2) is 23.7 Å². The zero-order valence-electron chi connectivity index (χ0n) is 21.5. The number of hydrogen-bond donors (Lipinski definition) is 1. The Kier molecular flexibility index (Phi) is 7.05. The van der Waals surface area contributed by atoms with Gasteiger partial charge in [0.05, 0.1) is 18.9 Å². The molecule has 0 amide bonds. The van der Waals surface area contributed by atoms with Gasteiger partial charge in [-0.2, -0.15) is 0 Å². The van der Waals surface area contributed by atoms with Crippen LogP contribution in [0.25, 0.3) is 16.7 Å². The number of aromatic amines is 1. The lowest BCUT2D eigenvalue weighted by Gasteiger charge is -2.22. The highest BCUT2D eigenvalue weighted by Crippen LogP contribution is 2.33. The van der Waals surface area contributed by atoms with Gasteiger partial charge in [-0.05, 0) is 54.0 Å². The predicted octanol–water partition coefficient (Wildman–Crippen LogP) is 5.83. The zero-order valence-corrected chi connectivity index (χ0v) is 21.5. The summed E-state index contributed by atoms with van der Waals surface area (Å²) < 4.78 is 39.1. The van der Waals surface area contributed by atoms with Crippen molar-refractivity contribution in [2.45, 2.75) is 32.4 Å². The molecular weight excluding hydrogens is 514 g/mol. The summed E-state index contributed by atoms with van der Waals surface area (Å²) in [5, 5.41) is 0. The zero-order chi connectivity index (χ0) is 27.5. The fourth-order valence-corrected chi connectivity index (χ4v) is 5.00. The van der Waals surface area contributed by atoms with Gasteiger partial charge in [0.15, 0.2) is 11.6 Å². The Labute approximate surface area is 228 Å². The number of nitrogens with zero attached hydrogens (tertiary/aromatic N) is 5. The van der Waals surface area contributed by atoms with Crippen LogP contribution in [0.15, 0.2) is 90.9 Å². The molecule has 6 rings (SSSR count). The molecule has 1 aliphatic rings. The van der Waals surface area contributed by atoms with Crippen LogP contribution in [-0.4, -0.2) is 29.1 Å². The summed E-state index contributed by atoms with van der Waals surface area (Å²) >= 11 is 0. The number of rotatable bonds is 8. The topological polar surface area (TPSA) is 90.6 Å². The molecular formula is C30H26F2N6O2. The van der Waals surface area contributed by atoms with Crippen LogP contribution in [0.5, 0.6) is 11.8 Å². The number of hydrogen-bond acceptors (Lipinski definition) is 5. The van der Waals surface area contributed by atoms with Crippen LogP contribution in [-0.2, 0) is 13.1 Å². The molecule has 1 N–H and O–H groups in total. The van der Waals surface area contributed by atoms with Gasteiger partial charge in [0.1, 0.15) is 0 Å². The highest BCUT2D eigenvalue weighted by Gasteiger charge is 2.20. The number of imidazole rings is 2. The molecule has 0 bridgehead atoms. The molecule has 0 saturated carbocycles.